The second-order valence-corrected chi connectivity index (χ2v) is 11.8. The summed E-state index contributed by atoms with van der Waals surface area (Å²) in [6, 6.07) is 23.8. The molecule has 202 valence electrons. The molecule has 6 rings (SSSR count). The molecule has 6 nitrogen and oxygen atoms in total. The smallest absolute Gasteiger partial charge is 0.253 e. The number of para-hydroxylation sites is 1. The number of nitrogens with zero attached hydrogens (tertiary/aromatic N) is 4. The maximum atomic E-state index is 14.0. The Hall–Kier alpha value is -3.19. The molecule has 39 heavy (non-hydrogen) atoms. The van der Waals surface area contributed by atoms with Crippen molar-refractivity contribution in [3.63, 3.8) is 0 Å². The van der Waals surface area contributed by atoms with Crippen LogP contribution in [0.4, 0.5) is 5.69 Å². The monoisotopic (exact) mass is 542 g/mol. The van der Waals surface area contributed by atoms with Gasteiger partial charge in [-0.3, -0.25) is 14.5 Å². The molecule has 2 amide bonds. The fourth-order valence-electron chi connectivity index (χ4n) is 6.29. The Morgan fingerprint density at radius 3 is 2.46 bits per heavy atom. The van der Waals surface area contributed by atoms with Crippen LogP contribution in [0.5, 0.6) is 0 Å². The summed E-state index contributed by atoms with van der Waals surface area (Å²) in [4.78, 5) is 35.9. The molecular formula is C32H35ClN4O2. The average Bonchev–Trinajstić information content (AvgIpc) is 3.67. The molecule has 0 aromatic heterocycles. The van der Waals surface area contributed by atoms with Crippen LogP contribution in [-0.4, -0.2) is 79.9 Å². The maximum Gasteiger partial charge on any atom is 0.253 e. The zero-order valence-electron chi connectivity index (χ0n) is 22.6. The Labute approximate surface area is 235 Å². The number of rotatable bonds is 7. The number of carbonyl (C=O) groups excluding carboxylic acids is 2. The molecule has 0 unspecified atom stereocenters. The Morgan fingerprint density at radius 1 is 0.974 bits per heavy atom. The van der Waals surface area contributed by atoms with Crippen LogP contribution in [0.25, 0.3) is 0 Å². The highest BCUT2D eigenvalue weighted by atomic mass is 35.5. The third-order valence-electron chi connectivity index (χ3n) is 8.57. The summed E-state index contributed by atoms with van der Waals surface area (Å²) in [5, 5.41) is 0.703. The summed E-state index contributed by atoms with van der Waals surface area (Å²) < 4.78 is 0. The summed E-state index contributed by atoms with van der Waals surface area (Å²) in [7, 11) is 4.17. The van der Waals surface area contributed by atoms with Crippen LogP contribution in [0.15, 0.2) is 72.8 Å². The van der Waals surface area contributed by atoms with Gasteiger partial charge in [-0.05, 0) is 67.5 Å². The first-order valence-corrected chi connectivity index (χ1v) is 14.2. The lowest BCUT2D eigenvalue weighted by molar-refractivity contribution is -0.120. The van der Waals surface area contributed by atoms with Crippen LogP contribution in [0.1, 0.15) is 39.4 Å². The zero-order chi connectivity index (χ0) is 27.1. The SMILES string of the molecule is CN(C)CCN1CCN(C(=O)c2cccc(CN3C(=O)[C@@]4(C[C@H]4c4ccc(Cl)cc4)c4ccccc43)c2)CC1. The van der Waals surface area contributed by atoms with E-state index in [-0.39, 0.29) is 17.7 Å². The quantitative estimate of drug-likeness (QED) is 0.437. The summed E-state index contributed by atoms with van der Waals surface area (Å²) in [5.74, 6) is 0.366. The van der Waals surface area contributed by atoms with E-state index in [0.717, 1.165) is 68.1 Å². The van der Waals surface area contributed by atoms with Crippen molar-refractivity contribution in [3.05, 3.63) is 100 Å². The maximum absolute atomic E-state index is 14.0. The molecule has 1 spiro atoms. The van der Waals surface area contributed by atoms with Crippen LogP contribution in [0.3, 0.4) is 0 Å². The number of amides is 2. The summed E-state index contributed by atoms with van der Waals surface area (Å²) in [6.45, 7) is 5.77. The van der Waals surface area contributed by atoms with Gasteiger partial charge < -0.3 is 14.7 Å². The van der Waals surface area contributed by atoms with Crippen LogP contribution in [0, 0.1) is 0 Å². The first-order valence-electron chi connectivity index (χ1n) is 13.8. The van der Waals surface area contributed by atoms with E-state index in [1.165, 1.54) is 0 Å². The fourth-order valence-corrected chi connectivity index (χ4v) is 6.41. The molecule has 0 radical (unpaired) electrons. The van der Waals surface area contributed by atoms with Gasteiger partial charge in [0, 0.05) is 61.5 Å². The van der Waals surface area contributed by atoms with E-state index in [1.807, 2.05) is 76.5 Å². The third kappa shape index (κ3) is 4.86. The Balaban J connectivity index is 1.17. The van der Waals surface area contributed by atoms with Gasteiger partial charge in [0.1, 0.15) is 0 Å². The number of carbonyl (C=O) groups is 2. The summed E-state index contributed by atoms with van der Waals surface area (Å²) in [5.41, 5.74) is 4.38. The van der Waals surface area contributed by atoms with Crippen molar-refractivity contribution in [2.45, 2.75) is 24.3 Å². The standard InChI is InChI=1S/C32H35ClN4O2/c1-34(2)14-15-35-16-18-36(19-17-35)30(38)25-7-5-6-23(20-25)22-37-29-9-4-3-8-27(29)32(31(37)39)21-28(32)24-10-12-26(33)13-11-24/h3-13,20,28H,14-19,21-22H2,1-2H3/t28-,32-/m0/s1. The largest absolute Gasteiger partial charge is 0.336 e. The normalized spacial score (nSPS) is 22.6. The van der Waals surface area contributed by atoms with E-state index in [9.17, 15) is 9.59 Å². The van der Waals surface area contributed by atoms with Crippen LogP contribution < -0.4 is 4.90 Å². The number of benzene rings is 3. The second kappa shape index (κ2) is 10.4. The number of anilines is 1. The minimum absolute atomic E-state index is 0.0683. The molecule has 0 bridgehead atoms. The van der Waals surface area contributed by atoms with Crippen molar-refractivity contribution in [3.8, 4) is 0 Å². The van der Waals surface area contributed by atoms with E-state index in [4.69, 9.17) is 11.6 Å². The molecule has 3 aromatic rings. The number of piperazine rings is 1. The predicted molar refractivity (Wildman–Crippen MR) is 155 cm³/mol. The van der Waals surface area contributed by atoms with E-state index in [0.29, 0.717) is 17.1 Å². The van der Waals surface area contributed by atoms with Gasteiger partial charge in [0.2, 0.25) is 5.91 Å². The third-order valence-corrected chi connectivity index (χ3v) is 8.83. The number of halogens is 1. The predicted octanol–water partition coefficient (Wildman–Crippen LogP) is 4.63. The van der Waals surface area contributed by atoms with E-state index < -0.39 is 5.41 Å². The van der Waals surface area contributed by atoms with Crippen LogP contribution in [0.2, 0.25) is 5.02 Å². The number of likely N-dealkylation sites (N-methyl/N-ethyl adjacent to an activating group) is 1. The highest BCUT2D eigenvalue weighted by Crippen LogP contribution is 2.66. The van der Waals surface area contributed by atoms with Crippen molar-refractivity contribution in [1.29, 1.82) is 0 Å². The molecule has 1 saturated carbocycles. The Morgan fingerprint density at radius 2 is 1.72 bits per heavy atom. The Kier molecular flexibility index (Phi) is 6.96. The fraction of sp³-hybridized carbons (Fsp3) is 0.375. The molecule has 0 N–H and O–H groups in total. The minimum Gasteiger partial charge on any atom is -0.336 e. The van der Waals surface area contributed by atoms with Crippen LogP contribution in [-0.2, 0) is 16.8 Å². The van der Waals surface area contributed by atoms with Crippen molar-refractivity contribution in [2.24, 2.45) is 0 Å². The van der Waals surface area contributed by atoms with Gasteiger partial charge in [-0.15, -0.1) is 0 Å². The number of hydrogen-bond donors (Lipinski definition) is 0. The van der Waals surface area contributed by atoms with Gasteiger partial charge in [0.25, 0.3) is 5.91 Å². The molecule has 2 aliphatic heterocycles. The Bertz CT molecular complexity index is 1380. The van der Waals surface area contributed by atoms with Gasteiger partial charge in [0.15, 0.2) is 0 Å². The van der Waals surface area contributed by atoms with Crippen molar-refractivity contribution in [1.82, 2.24) is 14.7 Å². The van der Waals surface area contributed by atoms with Gasteiger partial charge >= 0.3 is 0 Å². The molecule has 2 heterocycles. The molecule has 7 heteroatoms. The van der Waals surface area contributed by atoms with E-state index in [1.54, 1.807) is 0 Å². The lowest BCUT2D eigenvalue weighted by Gasteiger charge is -2.35. The lowest BCUT2D eigenvalue weighted by Crippen LogP contribution is -2.50. The molecule has 1 aliphatic carbocycles. The van der Waals surface area contributed by atoms with Crippen LogP contribution >= 0.6 is 11.6 Å². The lowest BCUT2D eigenvalue weighted by atomic mass is 9.92. The molecule has 2 atom stereocenters. The van der Waals surface area contributed by atoms with Crippen molar-refractivity contribution < 1.29 is 9.59 Å². The molecular weight excluding hydrogens is 508 g/mol. The molecule has 2 fully saturated rings. The first kappa shape index (κ1) is 26.1. The second-order valence-electron chi connectivity index (χ2n) is 11.3. The first-order chi connectivity index (χ1) is 18.9. The minimum atomic E-state index is -0.510. The average molecular weight is 543 g/mol. The highest BCUT2D eigenvalue weighted by molar-refractivity contribution is 6.30. The number of hydrogen-bond acceptors (Lipinski definition) is 4. The zero-order valence-corrected chi connectivity index (χ0v) is 23.4. The van der Waals surface area contributed by atoms with E-state index in [2.05, 4.69) is 30.0 Å². The van der Waals surface area contributed by atoms with Gasteiger partial charge in [-0.25, -0.2) is 0 Å². The molecule has 3 aromatic carbocycles. The molecule has 1 saturated heterocycles. The van der Waals surface area contributed by atoms with Gasteiger partial charge in [-0.1, -0.05) is 54.1 Å². The van der Waals surface area contributed by atoms with Crippen molar-refractivity contribution >= 4 is 29.1 Å². The summed E-state index contributed by atoms with van der Waals surface area (Å²) >= 11 is 6.12. The number of fused-ring (bicyclic) bond motifs is 2. The van der Waals surface area contributed by atoms with Gasteiger partial charge in [0.05, 0.1) is 12.0 Å². The highest BCUT2D eigenvalue weighted by Gasteiger charge is 2.67. The van der Waals surface area contributed by atoms with Gasteiger partial charge in [-0.2, -0.15) is 0 Å². The summed E-state index contributed by atoms with van der Waals surface area (Å²) in [6.07, 6.45) is 0.806. The van der Waals surface area contributed by atoms with E-state index >= 15 is 0 Å². The molecule has 3 aliphatic rings. The topological polar surface area (TPSA) is 47.1 Å². The van der Waals surface area contributed by atoms with Crippen molar-refractivity contribution in [2.75, 3.05) is 58.3 Å².